The van der Waals surface area contributed by atoms with E-state index < -0.39 is 28.9 Å². The molecule has 0 aromatic heterocycles. The van der Waals surface area contributed by atoms with Crippen LogP contribution in [0.4, 0.5) is 17.6 Å². The molecule has 2 unspecified atom stereocenters. The molecule has 2 aliphatic heterocycles. The highest BCUT2D eigenvalue weighted by atomic mass is 19.2. The molecule has 0 saturated carbocycles. The zero-order valence-electron chi connectivity index (χ0n) is 16.6. The number of nitrogens with zero attached hydrogens (tertiary/aromatic N) is 1. The Labute approximate surface area is 168 Å². The van der Waals surface area contributed by atoms with E-state index in [0.29, 0.717) is 12.1 Å². The number of rotatable bonds is 4. The van der Waals surface area contributed by atoms with E-state index in [1.54, 1.807) is 0 Å². The first-order valence-corrected chi connectivity index (χ1v) is 10.1. The molecule has 156 valence electrons. The van der Waals surface area contributed by atoms with Crippen molar-refractivity contribution < 1.29 is 27.2 Å². The van der Waals surface area contributed by atoms with E-state index in [1.165, 1.54) is 12.1 Å². The summed E-state index contributed by atoms with van der Waals surface area (Å²) >= 11 is 0. The summed E-state index contributed by atoms with van der Waals surface area (Å²) in [5, 5.41) is 11.7. The molecule has 4 rings (SSSR count). The summed E-state index contributed by atoms with van der Waals surface area (Å²) in [5.41, 5.74) is -1.44. The van der Waals surface area contributed by atoms with Gasteiger partial charge in [0, 0.05) is 25.7 Å². The third-order valence-corrected chi connectivity index (χ3v) is 7.30. The van der Waals surface area contributed by atoms with Crippen LogP contribution in [0.2, 0.25) is 0 Å². The van der Waals surface area contributed by atoms with Gasteiger partial charge in [0.25, 0.3) is 0 Å². The van der Waals surface area contributed by atoms with Crippen LogP contribution >= 0.6 is 0 Å². The molecular formula is C23H26F4NO+. The first kappa shape index (κ1) is 20.4. The monoisotopic (exact) mass is 408 g/mol. The number of halogens is 4. The maximum Gasteiger partial charge on any atom is 0.159 e. The van der Waals surface area contributed by atoms with Gasteiger partial charge in [-0.05, 0) is 47.7 Å². The van der Waals surface area contributed by atoms with E-state index in [1.807, 2.05) is 0 Å². The van der Waals surface area contributed by atoms with E-state index in [-0.39, 0.29) is 23.5 Å². The van der Waals surface area contributed by atoms with Gasteiger partial charge >= 0.3 is 0 Å². The lowest BCUT2D eigenvalue weighted by Crippen LogP contribution is -2.55. The molecule has 2 saturated heterocycles. The molecule has 2 aromatic rings. The molecule has 0 radical (unpaired) electrons. The molecule has 2 heterocycles. The van der Waals surface area contributed by atoms with Crippen LogP contribution in [0.25, 0.3) is 0 Å². The van der Waals surface area contributed by atoms with Crippen molar-refractivity contribution in [1.29, 1.82) is 0 Å². The average Bonchev–Trinajstić information content (AvgIpc) is 2.83. The highest BCUT2D eigenvalue weighted by Gasteiger charge is 2.50. The maximum absolute atomic E-state index is 14.0. The Bertz CT molecular complexity index is 862. The Balaban J connectivity index is 1.72. The molecular weight excluding hydrogens is 382 g/mol. The first-order chi connectivity index (χ1) is 13.6. The lowest BCUT2D eigenvalue weighted by Gasteiger charge is -2.46. The van der Waals surface area contributed by atoms with Crippen LogP contribution < -0.4 is 0 Å². The number of benzene rings is 2. The van der Waals surface area contributed by atoms with Crippen molar-refractivity contribution in [3.8, 4) is 0 Å². The van der Waals surface area contributed by atoms with Gasteiger partial charge in [0.1, 0.15) is 5.60 Å². The Hall–Kier alpha value is -1.92. The normalized spacial score (nSPS) is 26.0. The largest absolute Gasteiger partial charge is 0.380 e. The van der Waals surface area contributed by atoms with Crippen LogP contribution in [-0.2, 0) is 5.60 Å². The number of aliphatic hydroxyl groups is 1. The van der Waals surface area contributed by atoms with Crippen LogP contribution in [0.15, 0.2) is 36.4 Å². The van der Waals surface area contributed by atoms with Gasteiger partial charge in [-0.25, -0.2) is 17.6 Å². The highest BCUT2D eigenvalue weighted by Crippen LogP contribution is 2.47. The fourth-order valence-corrected chi connectivity index (χ4v) is 5.49. The lowest BCUT2D eigenvalue weighted by atomic mass is 9.75. The summed E-state index contributed by atoms with van der Waals surface area (Å²) in [6, 6.07) is 7.42. The summed E-state index contributed by atoms with van der Waals surface area (Å²) in [6.45, 7) is 0. The summed E-state index contributed by atoms with van der Waals surface area (Å²) in [5.74, 6) is -4.05. The summed E-state index contributed by atoms with van der Waals surface area (Å²) < 4.78 is 55.9. The van der Waals surface area contributed by atoms with Crippen LogP contribution in [0, 0.1) is 29.2 Å². The molecule has 2 aliphatic rings. The van der Waals surface area contributed by atoms with Crippen molar-refractivity contribution in [2.24, 2.45) is 5.92 Å². The second-order valence-corrected chi connectivity index (χ2v) is 9.17. The van der Waals surface area contributed by atoms with Gasteiger partial charge in [0.05, 0.1) is 26.2 Å². The fraction of sp³-hybridized carbons (Fsp3) is 0.478. The van der Waals surface area contributed by atoms with Crippen LogP contribution in [0.5, 0.6) is 0 Å². The smallest absolute Gasteiger partial charge is 0.159 e. The molecule has 0 aliphatic carbocycles. The Morgan fingerprint density at radius 2 is 1.28 bits per heavy atom. The van der Waals surface area contributed by atoms with Gasteiger partial charge in [0.15, 0.2) is 23.3 Å². The van der Waals surface area contributed by atoms with Crippen molar-refractivity contribution in [2.75, 3.05) is 14.1 Å². The predicted molar refractivity (Wildman–Crippen MR) is 102 cm³/mol. The van der Waals surface area contributed by atoms with Crippen LogP contribution in [0.3, 0.4) is 0 Å². The third kappa shape index (κ3) is 3.46. The van der Waals surface area contributed by atoms with Crippen molar-refractivity contribution >= 4 is 0 Å². The van der Waals surface area contributed by atoms with E-state index in [9.17, 15) is 22.7 Å². The van der Waals surface area contributed by atoms with Crippen LogP contribution in [-0.4, -0.2) is 35.8 Å². The zero-order valence-corrected chi connectivity index (χ0v) is 16.6. The zero-order chi connectivity index (χ0) is 21.0. The van der Waals surface area contributed by atoms with Gasteiger partial charge in [-0.3, -0.25) is 0 Å². The fourth-order valence-electron chi connectivity index (χ4n) is 5.49. The topological polar surface area (TPSA) is 20.2 Å². The van der Waals surface area contributed by atoms with Gasteiger partial charge < -0.3 is 9.59 Å². The SMILES string of the molecule is C[N+]1(C)C2CCC1CC(CC(O)(c1ccc(F)c(F)c1)c1ccc(F)c(F)c1)C2. The number of quaternary nitrogens is 1. The second kappa shape index (κ2) is 7.10. The number of piperidine rings is 1. The van der Waals surface area contributed by atoms with Crippen LogP contribution in [0.1, 0.15) is 43.2 Å². The molecule has 2 fully saturated rings. The summed E-state index contributed by atoms with van der Waals surface area (Å²) in [6.07, 6.45) is 4.31. The quantitative estimate of drug-likeness (QED) is 0.564. The van der Waals surface area contributed by atoms with E-state index in [2.05, 4.69) is 14.1 Å². The van der Waals surface area contributed by atoms with Crippen molar-refractivity contribution in [2.45, 2.75) is 49.8 Å². The maximum atomic E-state index is 14.0. The standard InChI is InChI=1S/C23H26F4NO/c1-28(2)17-5-6-18(28)10-14(9-17)13-23(29,15-3-7-19(24)21(26)11-15)16-4-8-20(25)22(27)12-16/h3-4,7-8,11-12,14,17-18,29H,5-6,9-10,13H2,1-2H3/q+1. The summed E-state index contributed by atoms with van der Waals surface area (Å²) in [4.78, 5) is 0. The average molecular weight is 408 g/mol. The lowest BCUT2D eigenvalue weighted by molar-refractivity contribution is -0.931. The molecule has 2 aromatic carbocycles. The number of hydrogen-bond acceptors (Lipinski definition) is 1. The van der Waals surface area contributed by atoms with Crippen molar-refractivity contribution in [1.82, 2.24) is 0 Å². The third-order valence-electron chi connectivity index (χ3n) is 7.30. The van der Waals surface area contributed by atoms with Gasteiger partial charge in [-0.2, -0.15) is 0 Å². The second-order valence-electron chi connectivity index (χ2n) is 9.17. The van der Waals surface area contributed by atoms with Crippen molar-refractivity contribution in [3.05, 3.63) is 70.8 Å². The molecule has 29 heavy (non-hydrogen) atoms. The molecule has 0 amide bonds. The predicted octanol–water partition coefficient (Wildman–Crippen LogP) is 4.89. The number of hydrogen-bond donors (Lipinski definition) is 1. The van der Waals surface area contributed by atoms with Gasteiger partial charge in [-0.15, -0.1) is 0 Å². The molecule has 2 nitrogen and oxygen atoms in total. The first-order valence-electron chi connectivity index (χ1n) is 10.1. The Morgan fingerprint density at radius 1 is 0.828 bits per heavy atom. The molecule has 0 spiro atoms. The minimum absolute atomic E-state index is 0.143. The molecule has 2 bridgehead atoms. The van der Waals surface area contributed by atoms with Gasteiger partial charge in [0.2, 0.25) is 0 Å². The molecule has 6 heteroatoms. The van der Waals surface area contributed by atoms with Crippen molar-refractivity contribution in [3.63, 3.8) is 0 Å². The molecule has 2 atom stereocenters. The highest BCUT2D eigenvalue weighted by molar-refractivity contribution is 5.37. The number of fused-ring (bicyclic) bond motifs is 2. The molecule has 1 N–H and O–H groups in total. The van der Waals surface area contributed by atoms with E-state index >= 15 is 0 Å². The Morgan fingerprint density at radius 3 is 1.69 bits per heavy atom. The van der Waals surface area contributed by atoms with Gasteiger partial charge in [-0.1, -0.05) is 12.1 Å². The Kier molecular flexibility index (Phi) is 4.98. The minimum atomic E-state index is -1.73. The van der Waals surface area contributed by atoms with E-state index in [4.69, 9.17) is 0 Å². The van der Waals surface area contributed by atoms with E-state index in [0.717, 1.165) is 54.4 Å². The minimum Gasteiger partial charge on any atom is -0.380 e. The summed E-state index contributed by atoms with van der Waals surface area (Å²) in [7, 11) is 4.46.